The van der Waals surface area contributed by atoms with E-state index < -0.39 is 0 Å². The van der Waals surface area contributed by atoms with E-state index in [0.717, 1.165) is 23.4 Å². The number of nitrogens with one attached hydrogen (secondary N) is 1. The average molecular weight is 289 g/mol. The molecule has 0 radical (unpaired) electrons. The second-order valence-electron chi connectivity index (χ2n) is 5.56. The third kappa shape index (κ3) is 2.64. The Bertz CT molecular complexity index is 588. The van der Waals surface area contributed by atoms with E-state index in [1.54, 1.807) is 11.8 Å². The molecule has 2 aliphatic rings. The molecule has 0 bridgehead atoms. The van der Waals surface area contributed by atoms with Crippen LogP contribution < -0.4 is 16.0 Å². The molecule has 2 heterocycles. The van der Waals surface area contributed by atoms with E-state index in [4.69, 9.17) is 10.5 Å². The normalized spacial score (nSPS) is 24.0. The van der Waals surface area contributed by atoms with Crippen molar-refractivity contribution in [3.8, 4) is 0 Å². The Morgan fingerprint density at radius 2 is 2.19 bits per heavy atom. The predicted octanol–water partition coefficient (Wildman–Crippen LogP) is 0.508. The van der Waals surface area contributed by atoms with Crippen LogP contribution in [0, 0.1) is 5.92 Å². The molecule has 3 rings (SSSR count). The first-order valence-electron chi connectivity index (χ1n) is 7.11. The molecular weight excluding hydrogens is 270 g/mol. The van der Waals surface area contributed by atoms with Crippen molar-refractivity contribution in [1.82, 2.24) is 0 Å². The zero-order valence-corrected chi connectivity index (χ0v) is 12.0. The largest absolute Gasteiger partial charge is 0.379 e. The minimum absolute atomic E-state index is 0.0413. The van der Waals surface area contributed by atoms with Crippen molar-refractivity contribution in [3.05, 3.63) is 23.8 Å². The number of nitrogens with two attached hydrogens (primary N) is 1. The minimum atomic E-state index is -0.299. The van der Waals surface area contributed by atoms with Crippen molar-refractivity contribution in [2.45, 2.75) is 19.4 Å². The Morgan fingerprint density at radius 3 is 2.86 bits per heavy atom. The molecule has 2 aliphatic heterocycles. The summed E-state index contributed by atoms with van der Waals surface area (Å²) in [6.45, 7) is 3.06. The molecule has 2 amide bonds. The van der Waals surface area contributed by atoms with Crippen LogP contribution >= 0.6 is 0 Å². The van der Waals surface area contributed by atoms with Gasteiger partial charge in [-0.05, 0) is 30.2 Å². The molecular formula is C15H19N3O3. The Morgan fingerprint density at radius 1 is 1.38 bits per heavy atom. The van der Waals surface area contributed by atoms with Crippen LogP contribution in [0.5, 0.6) is 0 Å². The molecule has 6 nitrogen and oxygen atoms in total. The van der Waals surface area contributed by atoms with Gasteiger partial charge in [-0.2, -0.15) is 0 Å². The van der Waals surface area contributed by atoms with Gasteiger partial charge in [0.1, 0.15) is 0 Å². The zero-order chi connectivity index (χ0) is 15.0. The van der Waals surface area contributed by atoms with Crippen molar-refractivity contribution in [3.63, 3.8) is 0 Å². The second kappa shape index (κ2) is 5.46. The van der Waals surface area contributed by atoms with Crippen LogP contribution in [0.25, 0.3) is 0 Å². The van der Waals surface area contributed by atoms with E-state index in [1.807, 2.05) is 18.2 Å². The third-order valence-corrected chi connectivity index (χ3v) is 4.08. The van der Waals surface area contributed by atoms with E-state index in [-0.39, 0.29) is 23.8 Å². The molecule has 1 saturated heterocycles. The van der Waals surface area contributed by atoms with Gasteiger partial charge < -0.3 is 20.7 Å². The van der Waals surface area contributed by atoms with E-state index in [1.165, 1.54) is 0 Å². The molecule has 1 aromatic rings. The van der Waals surface area contributed by atoms with Crippen molar-refractivity contribution in [1.29, 1.82) is 0 Å². The molecule has 0 saturated carbocycles. The molecule has 112 valence electrons. The number of carbonyl (C=O) groups excluding carboxylic acids is 2. The summed E-state index contributed by atoms with van der Waals surface area (Å²) in [5, 5.41) is 2.89. The Labute approximate surface area is 123 Å². The average Bonchev–Trinajstić information content (AvgIpc) is 3.04. The summed E-state index contributed by atoms with van der Waals surface area (Å²) < 4.78 is 5.21. The van der Waals surface area contributed by atoms with Crippen LogP contribution in [0.4, 0.5) is 11.4 Å². The number of fused-ring (bicyclic) bond motifs is 1. The van der Waals surface area contributed by atoms with Crippen LogP contribution in [0.3, 0.4) is 0 Å². The highest BCUT2D eigenvalue weighted by Crippen LogP contribution is 2.30. The molecule has 2 unspecified atom stereocenters. The van der Waals surface area contributed by atoms with E-state index in [0.29, 0.717) is 19.8 Å². The van der Waals surface area contributed by atoms with E-state index >= 15 is 0 Å². The van der Waals surface area contributed by atoms with Gasteiger partial charge in [-0.15, -0.1) is 0 Å². The molecule has 3 N–H and O–H groups in total. The maximum atomic E-state index is 12.2. The Balaban J connectivity index is 1.73. The van der Waals surface area contributed by atoms with Gasteiger partial charge in [-0.1, -0.05) is 0 Å². The summed E-state index contributed by atoms with van der Waals surface area (Å²) in [4.78, 5) is 25.4. The Kier molecular flexibility index (Phi) is 3.65. The number of hydrogen-bond acceptors (Lipinski definition) is 4. The van der Waals surface area contributed by atoms with Gasteiger partial charge in [-0.3, -0.25) is 9.59 Å². The fourth-order valence-electron chi connectivity index (χ4n) is 2.88. The predicted molar refractivity (Wildman–Crippen MR) is 79.1 cm³/mol. The fourth-order valence-corrected chi connectivity index (χ4v) is 2.88. The summed E-state index contributed by atoms with van der Waals surface area (Å²) >= 11 is 0. The lowest BCUT2D eigenvalue weighted by atomic mass is 10.0. The summed E-state index contributed by atoms with van der Waals surface area (Å²) in [5.74, 6) is -0.368. The van der Waals surface area contributed by atoms with Gasteiger partial charge in [0.05, 0.1) is 19.1 Å². The summed E-state index contributed by atoms with van der Waals surface area (Å²) in [7, 11) is 0. The molecule has 1 aromatic carbocycles. The van der Waals surface area contributed by atoms with Crippen LogP contribution in [0.2, 0.25) is 0 Å². The van der Waals surface area contributed by atoms with Crippen LogP contribution in [-0.2, 0) is 20.7 Å². The van der Waals surface area contributed by atoms with Crippen molar-refractivity contribution in [2.75, 3.05) is 30.0 Å². The van der Waals surface area contributed by atoms with Gasteiger partial charge >= 0.3 is 0 Å². The summed E-state index contributed by atoms with van der Waals surface area (Å²) in [5.41, 5.74) is 8.59. The molecule has 0 spiro atoms. The van der Waals surface area contributed by atoms with Gasteiger partial charge in [0, 0.05) is 30.9 Å². The molecule has 2 atom stereocenters. The molecule has 1 fully saturated rings. The number of benzene rings is 1. The highest BCUT2D eigenvalue weighted by atomic mass is 16.5. The lowest BCUT2D eigenvalue weighted by molar-refractivity contribution is -0.120. The first kappa shape index (κ1) is 14.0. The van der Waals surface area contributed by atoms with Crippen LogP contribution in [0.1, 0.15) is 12.5 Å². The van der Waals surface area contributed by atoms with Crippen molar-refractivity contribution >= 4 is 23.2 Å². The van der Waals surface area contributed by atoms with Gasteiger partial charge in [-0.25, -0.2) is 0 Å². The highest BCUT2D eigenvalue weighted by molar-refractivity contribution is 5.96. The molecule has 6 heteroatoms. The van der Waals surface area contributed by atoms with E-state index in [9.17, 15) is 9.59 Å². The van der Waals surface area contributed by atoms with Gasteiger partial charge in [0.25, 0.3) is 0 Å². The zero-order valence-electron chi connectivity index (χ0n) is 12.0. The SMILES string of the molecule is CC(=O)N1CCc2cc(NC(=O)C3COCC3N)ccc21. The minimum Gasteiger partial charge on any atom is -0.379 e. The second-order valence-corrected chi connectivity index (χ2v) is 5.56. The lowest BCUT2D eigenvalue weighted by Gasteiger charge is -2.16. The first-order chi connectivity index (χ1) is 10.1. The van der Waals surface area contributed by atoms with Crippen molar-refractivity contribution < 1.29 is 14.3 Å². The maximum Gasteiger partial charge on any atom is 0.231 e. The monoisotopic (exact) mass is 289 g/mol. The van der Waals surface area contributed by atoms with Crippen LogP contribution in [-0.4, -0.2) is 37.6 Å². The summed E-state index contributed by atoms with van der Waals surface area (Å²) in [6.07, 6.45) is 0.810. The summed E-state index contributed by atoms with van der Waals surface area (Å²) in [6, 6.07) is 5.38. The standard InChI is InChI=1S/C15H19N3O3/c1-9(19)18-5-4-10-6-11(2-3-14(10)18)17-15(20)12-7-21-8-13(12)16/h2-3,6,12-13H,4-5,7-8,16H2,1H3,(H,17,20). The fraction of sp³-hybridized carbons (Fsp3) is 0.467. The van der Waals surface area contributed by atoms with Crippen molar-refractivity contribution in [2.24, 2.45) is 11.7 Å². The number of carbonyl (C=O) groups is 2. The topological polar surface area (TPSA) is 84.7 Å². The van der Waals surface area contributed by atoms with Crippen LogP contribution in [0.15, 0.2) is 18.2 Å². The smallest absolute Gasteiger partial charge is 0.231 e. The number of anilines is 2. The number of rotatable bonds is 2. The quantitative estimate of drug-likeness (QED) is 0.830. The van der Waals surface area contributed by atoms with Gasteiger partial charge in [0.2, 0.25) is 11.8 Å². The number of ether oxygens (including phenoxy) is 1. The van der Waals surface area contributed by atoms with E-state index in [2.05, 4.69) is 5.32 Å². The highest BCUT2D eigenvalue weighted by Gasteiger charge is 2.31. The first-order valence-corrected chi connectivity index (χ1v) is 7.11. The number of hydrogen-bond donors (Lipinski definition) is 2. The Hall–Kier alpha value is -1.92. The molecule has 0 aromatic heterocycles. The molecule has 21 heavy (non-hydrogen) atoms. The lowest BCUT2D eigenvalue weighted by Crippen LogP contribution is -2.37. The number of amides is 2. The maximum absolute atomic E-state index is 12.2. The third-order valence-electron chi connectivity index (χ3n) is 4.08. The molecule has 0 aliphatic carbocycles. The van der Waals surface area contributed by atoms with Gasteiger partial charge in [0.15, 0.2) is 0 Å². The number of nitrogens with zero attached hydrogens (tertiary/aromatic N) is 1.